The number of hydrogen-bond acceptors (Lipinski definition) is 5. The van der Waals surface area contributed by atoms with Crippen molar-refractivity contribution in [3.05, 3.63) is 51.7 Å². The average molecular weight is 328 g/mol. The van der Waals surface area contributed by atoms with Gasteiger partial charge in [0.25, 0.3) is 5.91 Å². The summed E-state index contributed by atoms with van der Waals surface area (Å²) in [5, 5.41) is 20.3. The maximum absolute atomic E-state index is 12.4. The van der Waals surface area contributed by atoms with Gasteiger partial charge in [0.1, 0.15) is 11.3 Å². The lowest BCUT2D eigenvalue weighted by molar-refractivity contribution is -0.385. The molecule has 3 rings (SSSR count). The lowest BCUT2D eigenvalue weighted by Gasteiger charge is -2.04. The first-order valence-electron chi connectivity index (χ1n) is 7.48. The van der Waals surface area contributed by atoms with E-state index in [1.807, 2.05) is 20.0 Å². The molecule has 9 heteroatoms. The Balaban J connectivity index is 1.89. The van der Waals surface area contributed by atoms with E-state index in [9.17, 15) is 14.9 Å². The predicted molar refractivity (Wildman–Crippen MR) is 87.1 cm³/mol. The molecule has 0 spiro atoms. The zero-order valence-corrected chi connectivity index (χ0v) is 13.2. The minimum Gasteiger partial charge on any atom is -0.319 e. The average Bonchev–Trinajstić information content (AvgIpc) is 3.09. The van der Waals surface area contributed by atoms with Crippen molar-refractivity contribution in [1.82, 2.24) is 19.6 Å². The van der Waals surface area contributed by atoms with E-state index < -0.39 is 10.8 Å². The van der Waals surface area contributed by atoms with E-state index in [2.05, 4.69) is 20.5 Å². The molecule has 0 fully saturated rings. The third-order valence-electron chi connectivity index (χ3n) is 3.54. The highest BCUT2D eigenvalue weighted by molar-refractivity contribution is 6.05. The SMILES string of the molecule is CCCc1[nH]nc(C(=O)Nc2ccc3nc(C)cn3c2)c1[N+](=O)[O-]. The van der Waals surface area contributed by atoms with Crippen LogP contribution in [0.1, 0.15) is 35.2 Å². The Hall–Kier alpha value is -3.23. The van der Waals surface area contributed by atoms with Crippen molar-refractivity contribution >= 4 is 22.9 Å². The van der Waals surface area contributed by atoms with Crippen LogP contribution in [0.4, 0.5) is 11.4 Å². The Bertz CT molecular complexity index is 927. The van der Waals surface area contributed by atoms with E-state index in [-0.39, 0.29) is 11.4 Å². The number of imidazole rings is 1. The molecule has 0 aromatic carbocycles. The van der Waals surface area contributed by atoms with Gasteiger partial charge in [-0.05, 0) is 25.5 Å². The summed E-state index contributed by atoms with van der Waals surface area (Å²) in [5.74, 6) is -0.628. The molecule has 0 radical (unpaired) electrons. The van der Waals surface area contributed by atoms with Crippen molar-refractivity contribution in [2.75, 3.05) is 5.32 Å². The van der Waals surface area contributed by atoms with Crippen molar-refractivity contribution in [2.24, 2.45) is 0 Å². The number of aryl methyl sites for hydroxylation is 2. The summed E-state index contributed by atoms with van der Waals surface area (Å²) in [7, 11) is 0. The summed E-state index contributed by atoms with van der Waals surface area (Å²) in [6, 6.07) is 3.44. The Kier molecular flexibility index (Phi) is 3.98. The minimum absolute atomic E-state index is 0.217. The molecule has 0 atom stereocenters. The second kappa shape index (κ2) is 6.11. The molecule has 0 aliphatic heterocycles. The molecular formula is C15H16N6O3. The van der Waals surface area contributed by atoms with Crippen molar-refractivity contribution < 1.29 is 9.72 Å². The van der Waals surface area contributed by atoms with Crippen molar-refractivity contribution in [3.63, 3.8) is 0 Å². The van der Waals surface area contributed by atoms with Gasteiger partial charge in [-0.2, -0.15) is 5.10 Å². The lowest BCUT2D eigenvalue weighted by Crippen LogP contribution is -2.14. The van der Waals surface area contributed by atoms with Crippen LogP contribution in [0.3, 0.4) is 0 Å². The minimum atomic E-state index is -0.628. The number of nitrogens with one attached hydrogen (secondary N) is 2. The van der Waals surface area contributed by atoms with Gasteiger partial charge in [-0.25, -0.2) is 4.98 Å². The van der Waals surface area contributed by atoms with Gasteiger partial charge >= 0.3 is 5.69 Å². The Morgan fingerprint density at radius 2 is 2.21 bits per heavy atom. The van der Waals surface area contributed by atoms with Gasteiger partial charge in [-0.15, -0.1) is 0 Å². The number of fused-ring (bicyclic) bond motifs is 1. The van der Waals surface area contributed by atoms with Crippen LogP contribution >= 0.6 is 0 Å². The van der Waals surface area contributed by atoms with E-state index in [0.29, 0.717) is 24.2 Å². The molecule has 9 nitrogen and oxygen atoms in total. The number of amides is 1. The maximum atomic E-state index is 12.4. The first-order valence-corrected chi connectivity index (χ1v) is 7.48. The van der Waals surface area contributed by atoms with Gasteiger partial charge in [0.15, 0.2) is 0 Å². The summed E-state index contributed by atoms with van der Waals surface area (Å²) in [4.78, 5) is 27.4. The van der Waals surface area contributed by atoms with Crippen LogP contribution in [-0.4, -0.2) is 30.4 Å². The van der Waals surface area contributed by atoms with E-state index in [4.69, 9.17) is 0 Å². The number of pyridine rings is 1. The third kappa shape index (κ3) is 2.83. The molecule has 3 heterocycles. The van der Waals surface area contributed by atoms with Gasteiger partial charge in [-0.1, -0.05) is 13.3 Å². The molecule has 0 aliphatic carbocycles. The molecule has 24 heavy (non-hydrogen) atoms. The molecule has 0 saturated carbocycles. The number of carbonyl (C=O) groups excluding carboxylic acids is 1. The van der Waals surface area contributed by atoms with Crippen LogP contribution in [0.2, 0.25) is 0 Å². The number of nitro groups is 1. The fraction of sp³-hybridized carbons (Fsp3) is 0.267. The van der Waals surface area contributed by atoms with Crippen molar-refractivity contribution in [1.29, 1.82) is 0 Å². The molecule has 2 N–H and O–H groups in total. The molecule has 124 valence electrons. The quantitative estimate of drug-likeness (QED) is 0.551. The molecule has 3 aromatic rings. The monoisotopic (exact) mass is 328 g/mol. The van der Waals surface area contributed by atoms with Gasteiger partial charge in [0, 0.05) is 12.4 Å². The fourth-order valence-electron chi connectivity index (χ4n) is 2.53. The first-order chi connectivity index (χ1) is 11.5. The highest BCUT2D eigenvalue weighted by Crippen LogP contribution is 2.23. The Morgan fingerprint density at radius 3 is 2.92 bits per heavy atom. The van der Waals surface area contributed by atoms with Gasteiger partial charge in [0.2, 0.25) is 5.69 Å². The normalized spacial score (nSPS) is 10.9. The summed E-state index contributed by atoms with van der Waals surface area (Å²) >= 11 is 0. The van der Waals surface area contributed by atoms with Gasteiger partial charge in [0.05, 0.1) is 16.3 Å². The van der Waals surface area contributed by atoms with Crippen LogP contribution < -0.4 is 5.32 Å². The molecule has 1 amide bonds. The zero-order valence-electron chi connectivity index (χ0n) is 13.2. The van der Waals surface area contributed by atoms with Crippen LogP contribution in [0.25, 0.3) is 5.65 Å². The second-order valence-corrected chi connectivity index (χ2v) is 5.43. The molecule has 0 aliphatic rings. The highest BCUT2D eigenvalue weighted by atomic mass is 16.6. The van der Waals surface area contributed by atoms with Crippen LogP contribution in [0.5, 0.6) is 0 Å². The largest absolute Gasteiger partial charge is 0.322 e. The summed E-state index contributed by atoms with van der Waals surface area (Å²) < 4.78 is 1.77. The molecule has 3 aromatic heterocycles. The second-order valence-electron chi connectivity index (χ2n) is 5.43. The maximum Gasteiger partial charge on any atom is 0.322 e. The molecule has 0 saturated heterocycles. The molecular weight excluding hydrogens is 312 g/mol. The zero-order chi connectivity index (χ0) is 17.3. The van der Waals surface area contributed by atoms with Gasteiger partial charge in [-0.3, -0.25) is 20.0 Å². The fourth-order valence-corrected chi connectivity index (χ4v) is 2.53. The van der Waals surface area contributed by atoms with Gasteiger partial charge < -0.3 is 9.72 Å². The lowest BCUT2D eigenvalue weighted by atomic mass is 10.2. The summed E-state index contributed by atoms with van der Waals surface area (Å²) in [6.45, 7) is 3.76. The number of aromatic nitrogens is 4. The van der Waals surface area contributed by atoms with E-state index >= 15 is 0 Å². The number of rotatable bonds is 5. The van der Waals surface area contributed by atoms with E-state index in [0.717, 1.165) is 11.3 Å². The van der Waals surface area contributed by atoms with E-state index in [1.54, 1.807) is 22.7 Å². The summed E-state index contributed by atoms with van der Waals surface area (Å²) in [5.41, 5.74) is 1.97. The van der Waals surface area contributed by atoms with Crippen LogP contribution in [0.15, 0.2) is 24.5 Å². The third-order valence-corrected chi connectivity index (χ3v) is 3.54. The van der Waals surface area contributed by atoms with E-state index in [1.165, 1.54) is 0 Å². The topological polar surface area (TPSA) is 118 Å². The standard InChI is InChI=1S/C15H16N6O3/c1-3-4-11-14(21(23)24)13(19-18-11)15(22)17-10-5-6-12-16-9(2)7-20(12)8-10/h5-8H,3-4H2,1-2H3,(H,17,22)(H,18,19). The number of carbonyl (C=O) groups is 1. The Labute approximate surface area is 136 Å². The number of H-pyrrole nitrogens is 1. The Morgan fingerprint density at radius 1 is 1.42 bits per heavy atom. The number of hydrogen-bond donors (Lipinski definition) is 2. The number of nitrogens with zero attached hydrogens (tertiary/aromatic N) is 4. The number of aromatic amines is 1. The highest BCUT2D eigenvalue weighted by Gasteiger charge is 2.28. The summed E-state index contributed by atoms with van der Waals surface area (Å²) in [6.07, 6.45) is 4.68. The smallest absolute Gasteiger partial charge is 0.319 e. The predicted octanol–water partition coefficient (Wildman–Crippen LogP) is 2.48. The number of anilines is 1. The first kappa shape index (κ1) is 15.7. The van der Waals surface area contributed by atoms with Crippen molar-refractivity contribution in [3.8, 4) is 0 Å². The molecule has 0 bridgehead atoms. The van der Waals surface area contributed by atoms with Crippen molar-refractivity contribution in [2.45, 2.75) is 26.7 Å². The van der Waals surface area contributed by atoms with Crippen LogP contribution in [0, 0.1) is 17.0 Å². The van der Waals surface area contributed by atoms with Crippen LogP contribution in [-0.2, 0) is 6.42 Å². The molecule has 0 unspecified atom stereocenters.